The van der Waals surface area contributed by atoms with Crippen LogP contribution >= 0.6 is 0 Å². The van der Waals surface area contributed by atoms with Gasteiger partial charge in [-0.05, 0) is 6.42 Å². The Kier molecular flexibility index (Phi) is 8.33. The summed E-state index contributed by atoms with van der Waals surface area (Å²) in [6.07, 6.45) is 0.982. The van der Waals surface area contributed by atoms with Gasteiger partial charge in [-0.25, -0.2) is 4.79 Å². The minimum atomic E-state index is 0.0418. The molecule has 84 valence electrons. The van der Waals surface area contributed by atoms with Gasteiger partial charge in [0.15, 0.2) is 0 Å². The molecule has 1 heterocycles. The number of morpholine rings is 1. The van der Waals surface area contributed by atoms with E-state index in [4.69, 9.17) is 4.74 Å². The van der Waals surface area contributed by atoms with Crippen molar-refractivity contribution in [2.75, 3.05) is 32.8 Å². The monoisotopic (exact) mass is 202 g/mol. The first kappa shape index (κ1) is 13.2. The lowest BCUT2D eigenvalue weighted by Gasteiger charge is -2.26. The number of ether oxygens (including phenoxy) is 1. The molecule has 4 nitrogen and oxygen atoms in total. The molecule has 14 heavy (non-hydrogen) atoms. The Morgan fingerprint density at radius 3 is 2.43 bits per heavy atom. The third-order valence-corrected chi connectivity index (χ3v) is 1.82. The Labute approximate surface area is 86.6 Å². The predicted octanol–water partition coefficient (Wildman–Crippen LogP) is 1.46. The Morgan fingerprint density at radius 1 is 1.36 bits per heavy atom. The van der Waals surface area contributed by atoms with E-state index >= 15 is 0 Å². The van der Waals surface area contributed by atoms with Crippen molar-refractivity contribution in [2.24, 2.45) is 0 Å². The molecule has 4 heteroatoms. The standard InChI is InChI=1S/C8H16N2O2.C2H6/c1-2-3-9-8(11)10-4-6-12-7-5-10;1-2/h2-7H2,1H3,(H,9,11);1-2H3. The average Bonchev–Trinajstić information content (AvgIpc) is 2.30. The summed E-state index contributed by atoms with van der Waals surface area (Å²) in [4.78, 5) is 13.1. The lowest BCUT2D eigenvalue weighted by Crippen LogP contribution is -2.46. The van der Waals surface area contributed by atoms with Crippen molar-refractivity contribution in [3.63, 3.8) is 0 Å². The van der Waals surface area contributed by atoms with Crippen molar-refractivity contribution >= 4 is 6.03 Å². The van der Waals surface area contributed by atoms with E-state index < -0.39 is 0 Å². The van der Waals surface area contributed by atoms with Gasteiger partial charge >= 0.3 is 6.03 Å². The van der Waals surface area contributed by atoms with E-state index in [1.54, 1.807) is 4.90 Å². The topological polar surface area (TPSA) is 41.6 Å². The summed E-state index contributed by atoms with van der Waals surface area (Å²) in [6.45, 7) is 9.57. The molecule has 0 aromatic rings. The molecule has 1 fully saturated rings. The third-order valence-electron chi connectivity index (χ3n) is 1.82. The van der Waals surface area contributed by atoms with Crippen LogP contribution in [0.2, 0.25) is 0 Å². The van der Waals surface area contributed by atoms with Gasteiger partial charge in [-0.2, -0.15) is 0 Å². The molecule has 0 aromatic heterocycles. The van der Waals surface area contributed by atoms with Crippen LogP contribution in [0.1, 0.15) is 27.2 Å². The summed E-state index contributed by atoms with van der Waals surface area (Å²) in [6, 6.07) is 0.0418. The maximum atomic E-state index is 11.3. The van der Waals surface area contributed by atoms with E-state index in [-0.39, 0.29) is 6.03 Å². The van der Waals surface area contributed by atoms with E-state index in [1.807, 2.05) is 20.8 Å². The van der Waals surface area contributed by atoms with Gasteiger partial charge in [0.25, 0.3) is 0 Å². The zero-order chi connectivity index (χ0) is 10.8. The average molecular weight is 202 g/mol. The minimum absolute atomic E-state index is 0.0418. The maximum absolute atomic E-state index is 11.3. The molecule has 0 unspecified atom stereocenters. The van der Waals surface area contributed by atoms with E-state index in [0.29, 0.717) is 13.2 Å². The molecule has 0 radical (unpaired) electrons. The zero-order valence-corrected chi connectivity index (χ0v) is 9.51. The van der Waals surface area contributed by atoms with Gasteiger partial charge in [0.05, 0.1) is 13.2 Å². The number of hydrogen-bond acceptors (Lipinski definition) is 2. The summed E-state index contributed by atoms with van der Waals surface area (Å²) < 4.78 is 5.13. The highest BCUT2D eigenvalue weighted by molar-refractivity contribution is 5.74. The SMILES string of the molecule is CC.CCCNC(=O)N1CCOCC1. The van der Waals surface area contributed by atoms with Gasteiger partial charge in [-0.1, -0.05) is 20.8 Å². The van der Waals surface area contributed by atoms with Crippen molar-refractivity contribution in [2.45, 2.75) is 27.2 Å². The summed E-state index contributed by atoms with van der Waals surface area (Å²) in [5.74, 6) is 0. The fraction of sp³-hybridized carbons (Fsp3) is 0.900. The molecule has 2 amide bonds. The molecule has 1 aliphatic heterocycles. The fourth-order valence-corrected chi connectivity index (χ4v) is 1.11. The Bertz CT molecular complexity index is 145. The van der Waals surface area contributed by atoms with Gasteiger partial charge in [0, 0.05) is 19.6 Å². The van der Waals surface area contributed by atoms with Gasteiger partial charge < -0.3 is 15.0 Å². The minimum Gasteiger partial charge on any atom is -0.378 e. The smallest absolute Gasteiger partial charge is 0.317 e. The molecular formula is C10H22N2O2. The van der Waals surface area contributed by atoms with Crippen LogP contribution in [0, 0.1) is 0 Å². The molecule has 0 saturated carbocycles. The molecular weight excluding hydrogens is 180 g/mol. The number of amides is 2. The van der Waals surface area contributed by atoms with Gasteiger partial charge in [-0.15, -0.1) is 0 Å². The summed E-state index contributed by atoms with van der Waals surface area (Å²) >= 11 is 0. The van der Waals surface area contributed by atoms with Crippen LogP contribution in [0.4, 0.5) is 4.79 Å². The first-order valence-electron chi connectivity index (χ1n) is 5.45. The Hall–Kier alpha value is -0.770. The zero-order valence-electron chi connectivity index (χ0n) is 9.51. The molecule has 1 N–H and O–H groups in total. The summed E-state index contributed by atoms with van der Waals surface area (Å²) in [5, 5.41) is 2.83. The van der Waals surface area contributed by atoms with Crippen LogP contribution in [0.5, 0.6) is 0 Å². The molecule has 1 saturated heterocycles. The van der Waals surface area contributed by atoms with Crippen molar-refractivity contribution in [1.82, 2.24) is 10.2 Å². The highest BCUT2D eigenvalue weighted by Gasteiger charge is 2.15. The molecule has 1 aliphatic rings. The maximum Gasteiger partial charge on any atom is 0.317 e. The van der Waals surface area contributed by atoms with E-state index in [1.165, 1.54) is 0 Å². The summed E-state index contributed by atoms with van der Waals surface area (Å²) in [7, 11) is 0. The van der Waals surface area contributed by atoms with E-state index in [2.05, 4.69) is 5.32 Å². The van der Waals surface area contributed by atoms with Crippen molar-refractivity contribution < 1.29 is 9.53 Å². The lowest BCUT2D eigenvalue weighted by atomic mass is 10.4. The molecule has 0 aromatic carbocycles. The van der Waals surface area contributed by atoms with Crippen LogP contribution in [0.25, 0.3) is 0 Å². The molecule has 0 bridgehead atoms. The second-order valence-corrected chi connectivity index (χ2v) is 2.83. The number of carbonyl (C=O) groups is 1. The first-order valence-corrected chi connectivity index (χ1v) is 5.45. The van der Waals surface area contributed by atoms with Crippen LogP contribution < -0.4 is 5.32 Å². The van der Waals surface area contributed by atoms with Crippen molar-refractivity contribution in [1.29, 1.82) is 0 Å². The number of nitrogens with one attached hydrogen (secondary N) is 1. The van der Waals surface area contributed by atoms with Crippen LogP contribution in [-0.2, 0) is 4.74 Å². The van der Waals surface area contributed by atoms with Gasteiger partial charge in [0.1, 0.15) is 0 Å². The van der Waals surface area contributed by atoms with Gasteiger partial charge in [0.2, 0.25) is 0 Å². The molecule has 0 aliphatic carbocycles. The van der Waals surface area contributed by atoms with E-state index in [9.17, 15) is 4.79 Å². The number of nitrogens with zero attached hydrogens (tertiary/aromatic N) is 1. The Morgan fingerprint density at radius 2 is 1.93 bits per heavy atom. The first-order chi connectivity index (χ1) is 6.84. The fourth-order valence-electron chi connectivity index (χ4n) is 1.11. The van der Waals surface area contributed by atoms with Crippen molar-refractivity contribution in [3.05, 3.63) is 0 Å². The third kappa shape index (κ3) is 5.07. The largest absolute Gasteiger partial charge is 0.378 e. The molecule has 0 atom stereocenters. The second-order valence-electron chi connectivity index (χ2n) is 2.83. The Balaban J connectivity index is 0.000000791. The number of carbonyl (C=O) groups excluding carboxylic acids is 1. The highest BCUT2D eigenvalue weighted by atomic mass is 16.5. The van der Waals surface area contributed by atoms with Crippen LogP contribution in [0.3, 0.4) is 0 Å². The highest BCUT2D eigenvalue weighted by Crippen LogP contribution is 1.96. The normalized spacial score (nSPS) is 15.5. The number of urea groups is 1. The lowest BCUT2D eigenvalue weighted by molar-refractivity contribution is 0.0532. The quantitative estimate of drug-likeness (QED) is 0.736. The molecule has 1 rings (SSSR count). The summed E-state index contributed by atoms with van der Waals surface area (Å²) in [5.41, 5.74) is 0. The molecule has 0 spiro atoms. The number of rotatable bonds is 2. The predicted molar refractivity (Wildman–Crippen MR) is 57.4 cm³/mol. The van der Waals surface area contributed by atoms with Gasteiger partial charge in [-0.3, -0.25) is 0 Å². The van der Waals surface area contributed by atoms with Crippen LogP contribution in [0.15, 0.2) is 0 Å². The van der Waals surface area contributed by atoms with Crippen LogP contribution in [-0.4, -0.2) is 43.8 Å². The van der Waals surface area contributed by atoms with E-state index in [0.717, 1.165) is 26.1 Å². The van der Waals surface area contributed by atoms with Crippen molar-refractivity contribution in [3.8, 4) is 0 Å². The number of hydrogen-bond donors (Lipinski definition) is 1. The second kappa shape index (κ2) is 8.81.